The van der Waals surface area contributed by atoms with E-state index in [9.17, 15) is 14.4 Å². The van der Waals surface area contributed by atoms with E-state index in [0.717, 1.165) is 22.3 Å². The zero-order valence-corrected chi connectivity index (χ0v) is 18.5. The number of carboxylic acid groups (broad SMARTS) is 1. The summed E-state index contributed by atoms with van der Waals surface area (Å²) in [6.07, 6.45) is -1.08. The molecular weight excluding hydrogens is 424 g/mol. The first kappa shape index (κ1) is 22.8. The number of carbonyl (C=O) groups is 3. The highest BCUT2D eigenvalue weighted by Crippen LogP contribution is 2.44. The van der Waals surface area contributed by atoms with Gasteiger partial charge >= 0.3 is 12.1 Å². The highest BCUT2D eigenvalue weighted by Gasteiger charge is 2.32. The van der Waals surface area contributed by atoms with Crippen LogP contribution in [0.3, 0.4) is 0 Å². The molecule has 174 valence electrons. The summed E-state index contributed by atoms with van der Waals surface area (Å²) in [6.45, 7) is 2.71. The van der Waals surface area contributed by atoms with Crippen molar-refractivity contribution in [2.75, 3.05) is 32.8 Å². The lowest BCUT2D eigenvalue weighted by atomic mass is 9.98. The molecule has 0 spiro atoms. The number of carbonyl (C=O) groups excluding carboxylic acids is 2. The average molecular weight is 453 g/mol. The quantitative estimate of drug-likeness (QED) is 0.669. The summed E-state index contributed by atoms with van der Waals surface area (Å²) in [7, 11) is 0. The maximum Gasteiger partial charge on any atom is 0.407 e. The minimum absolute atomic E-state index is 0.00953. The van der Waals surface area contributed by atoms with E-state index in [4.69, 9.17) is 14.6 Å². The fourth-order valence-corrected chi connectivity index (χ4v) is 4.52. The molecule has 1 heterocycles. The molecule has 2 N–H and O–H groups in total. The van der Waals surface area contributed by atoms with E-state index in [0.29, 0.717) is 13.0 Å². The second-order valence-corrected chi connectivity index (χ2v) is 8.29. The van der Waals surface area contributed by atoms with E-state index in [1.165, 1.54) is 4.90 Å². The summed E-state index contributed by atoms with van der Waals surface area (Å²) in [4.78, 5) is 37.9. The number of amides is 2. The number of hydrogen-bond donors (Lipinski definition) is 2. The van der Waals surface area contributed by atoms with Crippen LogP contribution in [0.2, 0.25) is 0 Å². The van der Waals surface area contributed by atoms with Crippen LogP contribution in [-0.2, 0) is 19.1 Å². The molecule has 2 amide bonds. The van der Waals surface area contributed by atoms with E-state index >= 15 is 0 Å². The van der Waals surface area contributed by atoms with E-state index in [1.54, 1.807) is 0 Å². The molecule has 8 heteroatoms. The Morgan fingerprint density at radius 1 is 1.12 bits per heavy atom. The number of benzene rings is 2. The highest BCUT2D eigenvalue weighted by atomic mass is 16.5. The minimum Gasteiger partial charge on any atom is -0.479 e. The summed E-state index contributed by atoms with van der Waals surface area (Å²) in [5.41, 5.74) is 4.58. The van der Waals surface area contributed by atoms with Crippen molar-refractivity contribution in [3.05, 3.63) is 59.7 Å². The average Bonchev–Trinajstić information content (AvgIpc) is 3.16. The van der Waals surface area contributed by atoms with Gasteiger partial charge in [0.25, 0.3) is 0 Å². The van der Waals surface area contributed by atoms with Crippen LogP contribution < -0.4 is 5.32 Å². The topological polar surface area (TPSA) is 105 Å². The number of rotatable bonds is 7. The molecule has 0 aromatic heterocycles. The second-order valence-electron chi connectivity index (χ2n) is 8.29. The number of alkyl carbamates (subject to hydrolysis) is 1. The Balaban J connectivity index is 1.32. The summed E-state index contributed by atoms with van der Waals surface area (Å²) in [5, 5.41) is 11.8. The van der Waals surface area contributed by atoms with Crippen molar-refractivity contribution >= 4 is 18.0 Å². The molecule has 2 aliphatic rings. The largest absolute Gasteiger partial charge is 0.479 e. The van der Waals surface area contributed by atoms with Crippen molar-refractivity contribution in [3.8, 4) is 11.1 Å². The summed E-state index contributed by atoms with van der Waals surface area (Å²) < 4.78 is 10.7. The molecule has 2 unspecified atom stereocenters. The summed E-state index contributed by atoms with van der Waals surface area (Å²) in [6, 6.07) is 16.2. The molecule has 1 fully saturated rings. The molecule has 2 atom stereocenters. The van der Waals surface area contributed by atoms with Crippen molar-refractivity contribution in [2.45, 2.75) is 25.4 Å². The Kier molecular flexibility index (Phi) is 6.93. The smallest absolute Gasteiger partial charge is 0.407 e. The third kappa shape index (κ3) is 4.85. The van der Waals surface area contributed by atoms with Gasteiger partial charge < -0.3 is 24.8 Å². The lowest BCUT2D eigenvalue weighted by molar-refractivity contribution is -0.160. The first-order valence-corrected chi connectivity index (χ1v) is 11.2. The first-order chi connectivity index (χ1) is 16.0. The number of hydrogen-bond acceptors (Lipinski definition) is 5. The van der Waals surface area contributed by atoms with Gasteiger partial charge in [0, 0.05) is 19.0 Å². The SMILES string of the molecule is CCC(CNC(=O)OCC1c2ccccc2-c2ccccc21)C(=O)N1CCOC(C(=O)O)C1. The third-order valence-corrected chi connectivity index (χ3v) is 6.33. The Morgan fingerprint density at radius 3 is 2.36 bits per heavy atom. The van der Waals surface area contributed by atoms with E-state index in [-0.39, 0.29) is 38.1 Å². The van der Waals surface area contributed by atoms with Gasteiger partial charge in [0.1, 0.15) is 6.61 Å². The van der Waals surface area contributed by atoms with Gasteiger partial charge in [-0.15, -0.1) is 0 Å². The number of morpholine rings is 1. The first-order valence-electron chi connectivity index (χ1n) is 11.2. The molecule has 33 heavy (non-hydrogen) atoms. The van der Waals surface area contributed by atoms with Gasteiger partial charge in [0.05, 0.1) is 19.1 Å². The van der Waals surface area contributed by atoms with Crippen molar-refractivity contribution in [1.29, 1.82) is 0 Å². The van der Waals surface area contributed by atoms with Gasteiger partial charge in [-0.05, 0) is 28.7 Å². The molecule has 2 aromatic rings. The Hall–Kier alpha value is -3.39. The molecule has 0 saturated carbocycles. The molecule has 0 bridgehead atoms. The Bertz CT molecular complexity index is 994. The number of carboxylic acids is 1. The fourth-order valence-electron chi connectivity index (χ4n) is 4.52. The van der Waals surface area contributed by atoms with Crippen LogP contribution in [0.25, 0.3) is 11.1 Å². The predicted molar refractivity (Wildman–Crippen MR) is 121 cm³/mol. The number of ether oxygens (including phenoxy) is 2. The number of nitrogens with one attached hydrogen (secondary N) is 1. The van der Waals surface area contributed by atoms with Gasteiger partial charge in [0.15, 0.2) is 6.10 Å². The maximum atomic E-state index is 12.8. The van der Waals surface area contributed by atoms with Crippen LogP contribution in [0.15, 0.2) is 48.5 Å². The van der Waals surface area contributed by atoms with Gasteiger partial charge in [0.2, 0.25) is 5.91 Å². The monoisotopic (exact) mass is 452 g/mol. The molecule has 8 nitrogen and oxygen atoms in total. The number of aliphatic carboxylic acids is 1. The maximum absolute atomic E-state index is 12.8. The molecule has 1 aliphatic heterocycles. The highest BCUT2D eigenvalue weighted by molar-refractivity contribution is 5.82. The molecule has 0 radical (unpaired) electrons. The van der Waals surface area contributed by atoms with Crippen LogP contribution in [-0.4, -0.2) is 66.9 Å². The fraction of sp³-hybridized carbons (Fsp3) is 0.400. The van der Waals surface area contributed by atoms with Gasteiger partial charge in [-0.3, -0.25) is 4.79 Å². The number of nitrogens with zero attached hydrogens (tertiary/aromatic N) is 1. The van der Waals surface area contributed by atoms with E-state index in [2.05, 4.69) is 29.6 Å². The Morgan fingerprint density at radius 2 is 1.76 bits per heavy atom. The molecular formula is C25H28N2O6. The zero-order chi connectivity index (χ0) is 23.4. The molecule has 4 rings (SSSR count). The summed E-state index contributed by atoms with van der Waals surface area (Å²) in [5.74, 6) is -1.77. The minimum atomic E-state index is -1.09. The van der Waals surface area contributed by atoms with Gasteiger partial charge in [-0.25, -0.2) is 9.59 Å². The van der Waals surface area contributed by atoms with E-state index < -0.39 is 24.1 Å². The van der Waals surface area contributed by atoms with Crippen molar-refractivity contribution in [3.63, 3.8) is 0 Å². The zero-order valence-electron chi connectivity index (χ0n) is 18.5. The van der Waals surface area contributed by atoms with E-state index in [1.807, 2.05) is 31.2 Å². The van der Waals surface area contributed by atoms with Crippen LogP contribution in [0.5, 0.6) is 0 Å². The molecule has 1 saturated heterocycles. The third-order valence-electron chi connectivity index (χ3n) is 6.33. The van der Waals surface area contributed by atoms with Crippen LogP contribution in [0.1, 0.15) is 30.4 Å². The van der Waals surface area contributed by atoms with Crippen LogP contribution in [0, 0.1) is 5.92 Å². The summed E-state index contributed by atoms with van der Waals surface area (Å²) >= 11 is 0. The second kappa shape index (κ2) is 10.0. The van der Waals surface area contributed by atoms with Crippen molar-refractivity contribution < 1.29 is 29.0 Å². The lowest BCUT2D eigenvalue weighted by Crippen LogP contribution is -2.51. The normalized spacial score (nSPS) is 18.2. The molecule has 2 aromatic carbocycles. The van der Waals surface area contributed by atoms with Crippen LogP contribution in [0.4, 0.5) is 4.79 Å². The Labute approximate surface area is 192 Å². The van der Waals surface area contributed by atoms with Crippen molar-refractivity contribution in [1.82, 2.24) is 10.2 Å². The molecule has 1 aliphatic carbocycles. The van der Waals surface area contributed by atoms with Gasteiger partial charge in [-0.2, -0.15) is 0 Å². The predicted octanol–water partition coefficient (Wildman–Crippen LogP) is 2.86. The van der Waals surface area contributed by atoms with Crippen molar-refractivity contribution in [2.24, 2.45) is 5.92 Å². The van der Waals surface area contributed by atoms with Gasteiger partial charge in [-0.1, -0.05) is 55.5 Å². The lowest BCUT2D eigenvalue weighted by Gasteiger charge is -2.33. The standard InChI is InChI=1S/C25H28N2O6/c1-2-16(23(28)27-11-12-32-22(14-27)24(29)30)13-26-25(31)33-15-21-19-9-5-3-7-17(19)18-8-4-6-10-20(18)21/h3-10,16,21-22H,2,11-15H2,1H3,(H,26,31)(H,29,30). The number of fused-ring (bicyclic) bond motifs is 3. The van der Waals surface area contributed by atoms with Crippen LogP contribution >= 0.6 is 0 Å².